The summed E-state index contributed by atoms with van der Waals surface area (Å²) in [7, 11) is 0. The quantitative estimate of drug-likeness (QED) is 0.654. The Balaban J connectivity index is 5.64. The van der Waals surface area contributed by atoms with Crippen molar-refractivity contribution in [2.24, 2.45) is 22.3 Å². The molecule has 0 aliphatic rings. The Hall–Kier alpha value is -0.0800. The zero-order valence-corrected chi connectivity index (χ0v) is 12.2. The van der Waals surface area contributed by atoms with Gasteiger partial charge in [-0.2, -0.15) is 0 Å². The summed E-state index contributed by atoms with van der Waals surface area (Å²) < 4.78 is 0. The molecule has 0 aliphatic carbocycles. The van der Waals surface area contributed by atoms with Crippen LogP contribution in [0, 0.1) is 10.8 Å². The molecule has 0 rings (SSSR count). The Morgan fingerprint density at radius 1 is 0.688 bits per heavy atom. The molecular weight excluding hydrogens is 196 g/mol. The molecule has 4 N–H and O–H groups in total. The molecule has 98 valence electrons. The van der Waals surface area contributed by atoms with Crippen LogP contribution in [0.15, 0.2) is 0 Å². The van der Waals surface area contributed by atoms with Crippen molar-refractivity contribution in [2.75, 3.05) is 0 Å². The van der Waals surface area contributed by atoms with Gasteiger partial charge in [-0.1, -0.05) is 34.6 Å². The van der Waals surface area contributed by atoms with Gasteiger partial charge in [0.1, 0.15) is 0 Å². The second kappa shape index (κ2) is 5.50. The lowest BCUT2D eigenvalue weighted by Gasteiger charge is -2.56. The Morgan fingerprint density at radius 3 is 1.06 bits per heavy atom. The molecule has 0 saturated carbocycles. The smallest absolute Gasteiger partial charge is 0.0670 e. The third-order valence-electron chi connectivity index (χ3n) is 5.28. The molecule has 0 amide bonds. The van der Waals surface area contributed by atoms with E-state index in [1.807, 2.05) is 6.92 Å². The lowest BCUT2D eigenvalue weighted by Crippen LogP contribution is -2.66. The maximum Gasteiger partial charge on any atom is 0.0670 e. The van der Waals surface area contributed by atoms with E-state index in [-0.39, 0.29) is 10.8 Å². The van der Waals surface area contributed by atoms with Crippen LogP contribution in [-0.4, -0.2) is 5.66 Å². The van der Waals surface area contributed by atoms with Crippen LogP contribution in [0.4, 0.5) is 0 Å². The molecule has 2 heteroatoms. The largest absolute Gasteiger partial charge is 0.313 e. The molecule has 0 fully saturated rings. The Labute approximate surface area is 102 Å². The zero-order valence-electron chi connectivity index (χ0n) is 12.2. The van der Waals surface area contributed by atoms with E-state index >= 15 is 0 Å². The van der Waals surface area contributed by atoms with E-state index in [1.165, 1.54) is 0 Å². The fourth-order valence-electron chi connectivity index (χ4n) is 4.10. The van der Waals surface area contributed by atoms with Crippen molar-refractivity contribution in [3.63, 3.8) is 0 Å². The van der Waals surface area contributed by atoms with Crippen molar-refractivity contribution in [1.82, 2.24) is 0 Å². The summed E-state index contributed by atoms with van der Waals surface area (Å²) in [5.74, 6) is 0. The average Bonchev–Trinajstić information content (AvgIpc) is 2.24. The molecular formula is C14H32N2. The minimum Gasteiger partial charge on any atom is -0.313 e. The van der Waals surface area contributed by atoms with Gasteiger partial charge < -0.3 is 11.5 Å². The van der Waals surface area contributed by atoms with Crippen molar-refractivity contribution in [2.45, 2.75) is 79.3 Å². The van der Waals surface area contributed by atoms with Crippen LogP contribution < -0.4 is 11.5 Å². The number of nitrogens with two attached hydrogens (primary N) is 2. The van der Waals surface area contributed by atoms with E-state index in [0.29, 0.717) is 0 Å². The van der Waals surface area contributed by atoms with Crippen molar-refractivity contribution < 1.29 is 0 Å². The van der Waals surface area contributed by atoms with Gasteiger partial charge in [-0.3, -0.25) is 0 Å². The molecule has 0 radical (unpaired) electrons. The molecule has 0 spiro atoms. The summed E-state index contributed by atoms with van der Waals surface area (Å²) in [5, 5.41) is 0. The highest BCUT2D eigenvalue weighted by molar-refractivity contribution is 5.05. The summed E-state index contributed by atoms with van der Waals surface area (Å²) in [6.45, 7) is 13.3. The zero-order chi connectivity index (χ0) is 13.0. The van der Waals surface area contributed by atoms with Gasteiger partial charge in [-0.25, -0.2) is 0 Å². The number of rotatable bonds is 7. The van der Waals surface area contributed by atoms with Gasteiger partial charge in [0, 0.05) is 5.41 Å². The maximum atomic E-state index is 6.33. The third-order valence-corrected chi connectivity index (χ3v) is 5.28. The minimum absolute atomic E-state index is 0.0399. The van der Waals surface area contributed by atoms with Gasteiger partial charge in [0.05, 0.1) is 5.66 Å². The molecule has 16 heavy (non-hydrogen) atoms. The van der Waals surface area contributed by atoms with Crippen molar-refractivity contribution in [3.05, 3.63) is 0 Å². The molecule has 0 aromatic heterocycles. The van der Waals surface area contributed by atoms with E-state index in [4.69, 9.17) is 11.5 Å². The van der Waals surface area contributed by atoms with E-state index in [0.717, 1.165) is 32.1 Å². The summed E-state index contributed by atoms with van der Waals surface area (Å²) >= 11 is 0. The van der Waals surface area contributed by atoms with Gasteiger partial charge in [0.25, 0.3) is 0 Å². The fourth-order valence-corrected chi connectivity index (χ4v) is 4.10. The van der Waals surface area contributed by atoms with Crippen LogP contribution in [0.5, 0.6) is 0 Å². The van der Waals surface area contributed by atoms with Gasteiger partial charge in [-0.05, 0) is 44.4 Å². The second-order valence-electron chi connectivity index (χ2n) is 5.41. The fraction of sp³-hybridized carbons (Fsp3) is 1.00. The first-order chi connectivity index (χ1) is 7.30. The van der Waals surface area contributed by atoms with E-state index in [2.05, 4.69) is 34.6 Å². The Morgan fingerprint density at radius 2 is 1.00 bits per heavy atom. The molecule has 0 heterocycles. The standard InChI is InChI=1S/C14H32N2/c1-7-13(8-2,9-3)14(10-4,11-5)12(6,15)16/h7-11,15-16H2,1-6H3. The first-order valence-electron chi connectivity index (χ1n) is 6.88. The third kappa shape index (κ3) is 2.14. The number of hydrogen-bond donors (Lipinski definition) is 2. The highest BCUT2D eigenvalue weighted by Crippen LogP contribution is 2.55. The summed E-state index contributed by atoms with van der Waals surface area (Å²) in [6, 6.07) is 0. The van der Waals surface area contributed by atoms with E-state index in [9.17, 15) is 0 Å². The molecule has 0 atom stereocenters. The van der Waals surface area contributed by atoms with Gasteiger partial charge in [0.15, 0.2) is 0 Å². The second-order valence-corrected chi connectivity index (χ2v) is 5.41. The summed E-state index contributed by atoms with van der Waals surface area (Å²) in [5.41, 5.74) is 12.4. The lowest BCUT2D eigenvalue weighted by atomic mass is 9.52. The van der Waals surface area contributed by atoms with Gasteiger partial charge >= 0.3 is 0 Å². The first-order valence-corrected chi connectivity index (χ1v) is 6.88. The first kappa shape index (κ1) is 15.9. The molecule has 0 aromatic rings. The lowest BCUT2D eigenvalue weighted by molar-refractivity contribution is -0.0517. The Bertz CT molecular complexity index is 187. The van der Waals surface area contributed by atoms with Gasteiger partial charge in [-0.15, -0.1) is 0 Å². The molecule has 0 unspecified atom stereocenters. The number of hydrogen-bond acceptors (Lipinski definition) is 2. The highest BCUT2D eigenvalue weighted by atomic mass is 15.0. The molecule has 0 bridgehead atoms. The van der Waals surface area contributed by atoms with Crippen LogP contribution in [-0.2, 0) is 0 Å². The summed E-state index contributed by atoms with van der Waals surface area (Å²) in [6.07, 6.45) is 5.59. The van der Waals surface area contributed by atoms with Crippen LogP contribution in [0.25, 0.3) is 0 Å². The predicted molar refractivity (Wildman–Crippen MR) is 73.1 cm³/mol. The van der Waals surface area contributed by atoms with E-state index in [1.54, 1.807) is 0 Å². The van der Waals surface area contributed by atoms with Crippen LogP contribution in [0.2, 0.25) is 0 Å². The molecule has 2 nitrogen and oxygen atoms in total. The average molecular weight is 228 g/mol. The predicted octanol–water partition coefficient (Wildman–Crippen LogP) is 3.64. The molecule has 0 aliphatic heterocycles. The van der Waals surface area contributed by atoms with Crippen molar-refractivity contribution in [3.8, 4) is 0 Å². The molecule has 0 saturated heterocycles. The van der Waals surface area contributed by atoms with Crippen molar-refractivity contribution in [1.29, 1.82) is 0 Å². The SMILES string of the molecule is CCC(CC)(CC)C(CC)(CC)C(C)(N)N. The van der Waals surface area contributed by atoms with Crippen LogP contribution in [0.1, 0.15) is 73.6 Å². The normalized spacial score (nSPS) is 14.2. The van der Waals surface area contributed by atoms with Crippen LogP contribution in [0.3, 0.4) is 0 Å². The monoisotopic (exact) mass is 228 g/mol. The van der Waals surface area contributed by atoms with E-state index < -0.39 is 5.66 Å². The van der Waals surface area contributed by atoms with Crippen molar-refractivity contribution >= 4 is 0 Å². The Kier molecular flexibility index (Phi) is 5.48. The molecule has 0 aromatic carbocycles. The minimum atomic E-state index is -0.599. The topological polar surface area (TPSA) is 52.0 Å². The summed E-state index contributed by atoms with van der Waals surface area (Å²) in [4.78, 5) is 0. The maximum absolute atomic E-state index is 6.33. The highest BCUT2D eigenvalue weighted by Gasteiger charge is 2.53. The van der Waals surface area contributed by atoms with Gasteiger partial charge in [0.2, 0.25) is 0 Å². The van der Waals surface area contributed by atoms with Crippen LogP contribution >= 0.6 is 0 Å².